The van der Waals surface area contributed by atoms with Crippen LogP contribution in [-0.2, 0) is 9.59 Å². The number of hydrogen-bond donors (Lipinski definition) is 2. The molecule has 0 radical (unpaired) electrons. The molecule has 3 N–H and O–H groups in total. The van der Waals surface area contributed by atoms with Crippen molar-refractivity contribution in [2.45, 2.75) is 32.6 Å². The molecule has 1 aromatic carbocycles. The highest BCUT2D eigenvalue weighted by Gasteiger charge is 2.27. The summed E-state index contributed by atoms with van der Waals surface area (Å²) < 4.78 is 6.74. The van der Waals surface area contributed by atoms with Crippen LogP contribution in [0.5, 0.6) is 5.75 Å². The quantitative estimate of drug-likeness (QED) is 0.452. The summed E-state index contributed by atoms with van der Waals surface area (Å²) in [4.78, 5) is 25.6. The van der Waals surface area contributed by atoms with Gasteiger partial charge >= 0.3 is 0 Å². The van der Waals surface area contributed by atoms with E-state index >= 15 is 0 Å². The number of ether oxygens (including phenoxy) is 1. The zero-order valence-electron chi connectivity index (χ0n) is 14.0. The molecule has 132 valence electrons. The Morgan fingerprint density at radius 1 is 1.38 bits per heavy atom. The van der Waals surface area contributed by atoms with Crippen LogP contribution in [0.2, 0.25) is 0 Å². The van der Waals surface area contributed by atoms with Crippen molar-refractivity contribution in [3.8, 4) is 5.75 Å². The third-order valence-electron chi connectivity index (χ3n) is 4.31. The number of hydrazine groups is 1. The zero-order chi connectivity index (χ0) is 17.7. The standard InChI is InChI=1S/C17H24BrN3O3/c1-11(2)14-9-13(18)3-4-15(14)24-10-16(22)21-7-5-12(6-8-21)17(23)20-19/h3-4,9,11-12H,5-8,10,19H2,1-2H3,(H,20,23). The van der Waals surface area contributed by atoms with Gasteiger partial charge in [0.1, 0.15) is 5.75 Å². The molecular formula is C17H24BrN3O3. The van der Waals surface area contributed by atoms with Crippen LogP contribution in [0.1, 0.15) is 38.2 Å². The summed E-state index contributed by atoms with van der Waals surface area (Å²) in [6.45, 7) is 5.29. The number of likely N-dealkylation sites (tertiary alicyclic amines) is 1. The minimum absolute atomic E-state index is 0.00903. The minimum Gasteiger partial charge on any atom is -0.483 e. The molecule has 0 atom stereocenters. The number of hydrogen-bond acceptors (Lipinski definition) is 4. The van der Waals surface area contributed by atoms with Crippen LogP contribution >= 0.6 is 15.9 Å². The van der Waals surface area contributed by atoms with Gasteiger partial charge in [0.25, 0.3) is 5.91 Å². The number of amides is 2. The Morgan fingerprint density at radius 3 is 2.62 bits per heavy atom. The number of nitrogens with zero attached hydrogens (tertiary/aromatic N) is 1. The Kier molecular flexibility index (Phi) is 6.62. The Morgan fingerprint density at radius 2 is 2.04 bits per heavy atom. The van der Waals surface area contributed by atoms with E-state index in [4.69, 9.17) is 10.6 Å². The number of nitrogens with one attached hydrogen (secondary N) is 1. The van der Waals surface area contributed by atoms with Gasteiger partial charge in [0.05, 0.1) is 0 Å². The van der Waals surface area contributed by atoms with Crippen LogP contribution in [0, 0.1) is 5.92 Å². The summed E-state index contributed by atoms with van der Waals surface area (Å²) in [5.74, 6) is 5.87. The first-order valence-corrected chi connectivity index (χ1v) is 8.92. The molecule has 0 saturated carbocycles. The molecule has 7 heteroatoms. The van der Waals surface area contributed by atoms with Crippen molar-refractivity contribution in [3.05, 3.63) is 28.2 Å². The Bertz CT molecular complexity index is 599. The van der Waals surface area contributed by atoms with Gasteiger partial charge in [-0.2, -0.15) is 0 Å². The molecule has 0 bridgehead atoms. The molecule has 1 fully saturated rings. The second-order valence-electron chi connectivity index (χ2n) is 6.29. The lowest BCUT2D eigenvalue weighted by molar-refractivity contribution is -0.137. The minimum atomic E-state index is -0.158. The van der Waals surface area contributed by atoms with E-state index < -0.39 is 0 Å². The Labute approximate surface area is 150 Å². The topological polar surface area (TPSA) is 84.7 Å². The number of carbonyl (C=O) groups is 2. The van der Waals surface area contributed by atoms with Gasteiger partial charge in [0, 0.05) is 23.5 Å². The predicted octanol–water partition coefficient (Wildman–Crippen LogP) is 2.18. The molecule has 1 saturated heterocycles. The van der Waals surface area contributed by atoms with Crippen molar-refractivity contribution in [1.82, 2.24) is 10.3 Å². The summed E-state index contributed by atoms with van der Waals surface area (Å²) in [7, 11) is 0. The van der Waals surface area contributed by atoms with Crippen molar-refractivity contribution >= 4 is 27.7 Å². The van der Waals surface area contributed by atoms with Crippen LogP contribution in [0.4, 0.5) is 0 Å². The second kappa shape index (κ2) is 8.48. The molecule has 1 aliphatic rings. The van der Waals surface area contributed by atoms with Gasteiger partial charge in [-0.3, -0.25) is 15.0 Å². The fraction of sp³-hybridized carbons (Fsp3) is 0.529. The molecule has 2 amide bonds. The van der Waals surface area contributed by atoms with E-state index in [2.05, 4.69) is 35.2 Å². The summed E-state index contributed by atoms with van der Waals surface area (Å²) >= 11 is 3.46. The summed E-state index contributed by atoms with van der Waals surface area (Å²) in [6.07, 6.45) is 1.26. The largest absolute Gasteiger partial charge is 0.483 e. The van der Waals surface area contributed by atoms with Crippen molar-refractivity contribution in [2.24, 2.45) is 11.8 Å². The molecule has 0 unspecified atom stereocenters. The maximum atomic E-state index is 12.3. The van der Waals surface area contributed by atoms with Crippen LogP contribution < -0.4 is 16.0 Å². The first-order chi connectivity index (χ1) is 11.4. The van der Waals surface area contributed by atoms with E-state index in [1.807, 2.05) is 18.2 Å². The highest BCUT2D eigenvalue weighted by atomic mass is 79.9. The number of halogens is 1. The summed E-state index contributed by atoms with van der Waals surface area (Å²) in [6, 6.07) is 5.80. The molecule has 2 rings (SSSR count). The van der Waals surface area contributed by atoms with Gasteiger partial charge in [-0.15, -0.1) is 0 Å². The summed E-state index contributed by atoms with van der Waals surface area (Å²) in [5.41, 5.74) is 3.24. The molecule has 24 heavy (non-hydrogen) atoms. The number of benzene rings is 1. The van der Waals surface area contributed by atoms with Gasteiger partial charge < -0.3 is 9.64 Å². The molecule has 0 aromatic heterocycles. The first-order valence-electron chi connectivity index (χ1n) is 8.12. The van der Waals surface area contributed by atoms with Crippen LogP contribution in [0.15, 0.2) is 22.7 Å². The normalized spacial score (nSPS) is 15.5. The lowest BCUT2D eigenvalue weighted by atomic mass is 9.96. The number of rotatable bonds is 5. The van der Waals surface area contributed by atoms with E-state index in [9.17, 15) is 9.59 Å². The smallest absolute Gasteiger partial charge is 0.260 e. The van der Waals surface area contributed by atoms with Crippen LogP contribution in [0.25, 0.3) is 0 Å². The lowest BCUT2D eigenvalue weighted by Gasteiger charge is -2.31. The fourth-order valence-electron chi connectivity index (χ4n) is 2.84. The van der Waals surface area contributed by atoms with Gasteiger partial charge in [0.2, 0.25) is 5.91 Å². The number of piperidine rings is 1. The highest BCUT2D eigenvalue weighted by molar-refractivity contribution is 9.10. The molecular weight excluding hydrogens is 374 g/mol. The zero-order valence-corrected chi connectivity index (χ0v) is 15.6. The van der Waals surface area contributed by atoms with Gasteiger partial charge in [-0.05, 0) is 42.5 Å². The third kappa shape index (κ3) is 4.70. The van der Waals surface area contributed by atoms with E-state index in [-0.39, 0.29) is 24.3 Å². The van der Waals surface area contributed by atoms with E-state index in [1.54, 1.807) is 4.90 Å². The maximum Gasteiger partial charge on any atom is 0.260 e. The second-order valence-corrected chi connectivity index (χ2v) is 7.20. The maximum absolute atomic E-state index is 12.3. The van der Waals surface area contributed by atoms with Crippen molar-refractivity contribution in [1.29, 1.82) is 0 Å². The summed E-state index contributed by atoms with van der Waals surface area (Å²) in [5, 5.41) is 0. The average Bonchev–Trinajstić information content (AvgIpc) is 2.59. The lowest BCUT2D eigenvalue weighted by Crippen LogP contribution is -2.45. The Balaban J connectivity index is 1.89. The SMILES string of the molecule is CC(C)c1cc(Br)ccc1OCC(=O)N1CCC(C(=O)NN)CC1. The molecule has 1 heterocycles. The first kappa shape index (κ1) is 18.7. The highest BCUT2D eigenvalue weighted by Crippen LogP contribution is 2.29. The van der Waals surface area contributed by atoms with E-state index in [0.29, 0.717) is 31.8 Å². The van der Waals surface area contributed by atoms with Crippen molar-refractivity contribution in [2.75, 3.05) is 19.7 Å². The molecule has 1 aromatic rings. The molecule has 6 nitrogen and oxygen atoms in total. The molecule has 0 spiro atoms. The predicted molar refractivity (Wildman–Crippen MR) is 95.4 cm³/mol. The van der Waals surface area contributed by atoms with Gasteiger partial charge in [-0.1, -0.05) is 29.8 Å². The molecule has 1 aliphatic heterocycles. The monoisotopic (exact) mass is 397 g/mol. The average molecular weight is 398 g/mol. The Hall–Kier alpha value is -1.60. The van der Waals surface area contributed by atoms with Crippen LogP contribution in [0.3, 0.4) is 0 Å². The third-order valence-corrected chi connectivity index (χ3v) is 4.80. The van der Waals surface area contributed by atoms with Crippen molar-refractivity contribution in [3.63, 3.8) is 0 Å². The van der Waals surface area contributed by atoms with Crippen molar-refractivity contribution < 1.29 is 14.3 Å². The number of carbonyl (C=O) groups excluding carboxylic acids is 2. The van der Waals surface area contributed by atoms with Gasteiger partial charge in [0.15, 0.2) is 6.61 Å². The molecule has 0 aliphatic carbocycles. The van der Waals surface area contributed by atoms with Crippen LogP contribution in [-0.4, -0.2) is 36.4 Å². The van der Waals surface area contributed by atoms with E-state index in [1.165, 1.54) is 0 Å². The number of nitrogens with two attached hydrogens (primary N) is 1. The van der Waals surface area contributed by atoms with Gasteiger partial charge in [-0.25, -0.2) is 5.84 Å². The van der Waals surface area contributed by atoms with E-state index in [0.717, 1.165) is 15.8 Å². The fourth-order valence-corrected chi connectivity index (χ4v) is 3.22.